The molecule has 54 heavy (non-hydrogen) atoms. The molecule has 0 radical (unpaired) electrons. The molecule has 296 valence electrons. The molecule has 0 saturated carbocycles. The van der Waals surface area contributed by atoms with Gasteiger partial charge in [-0.2, -0.15) is 0 Å². The number of benzene rings is 2. The molecule has 0 fully saturated rings. The average Bonchev–Trinajstić information content (AvgIpc) is 3.35. The Balaban J connectivity index is 0.00000244. The summed E-state index contributed by atoms with van der Waals surface area (Å²) in [5, 5.41) is 29.0. The van der Waals surface area contributed by atoms with E-state index in [4.69, 9.17) is 4.79 Å². The number of fused-ring (bicyclic) bond motifs is 1. The quantitative estimate of drug-likeness (QED) is 0.0803. The smallest absolute Gasteiger partial charge is 0.326 e. The predicted octanol–water partition coefficient (Wildman–Crippen LogP) is 7.77. The number of amides is 2. The van der Waals surface area contributed by atoms with Crippen molar-refractivity contribution in [1.82, 2.24) is 16.0 Å². The number of anilines is 1. The van der Waals surface area contributed by atoms with Gasteiger partial charge < -0.3 is 35.9 Å². The highest BCUT2D eigenvalue weighted by atomic mass is 32.2. The number of allylic oxidation sites excluding steroid dienone is 3. The predicted molar refractivity (Wildman–Crippen MR) is 225 cm³/mol. The number of carboxylic acids is 1. The van der Waals surface area contributed by atoms with Crippen LogP contribution in [0, 0.1) is 5.92 Å². The van der Waals surface area contributed by atoms with E-state index in [1.54, 1.807) is 37.7 Å². The number of nitrogens with one attached hydrogen (secondary N) is 3. The lowest BCUT2D eigenvalue weighted by Crippen LogP contribution is -2.51. The van der Waals surface area contributed by atoms with E-state index in [0.717, 1.165) is 62.1 Å². The van der Waals surface area contributed by atoms with Gasteiger partial charge in [0, 0.05) is 41.3 Å². The van der Waals surface area contributed by atoms with Crippen LogP contribution in [0.3, 0.4) is 0 Å². The Morgan fingerprint density at radius 3 is 2.20 bits per heavy atom. The van der Waals surface area contributed by atoms with Crippen LogP contribution in [0.15, 0.2) is 65.2 Å². The third kappa shape index (κ3) is 13.1. The minimum atomic E-state index is -1.14. The normalized spacial score (nSPS) is 15.5. The van der Waals surface area contributed by atoms with Gasteiger partial charge in [0.2, 0.25) is 11.8 Å². The largest absolute Gasteiger partial charge is 0.508 e. The molecule has 0 bridgehead atoms. The minimum absolute atomic E-state index is 0.00420. The first-order valence-electron chi connectivity index (χ1n) is 18.9. The summed E-state index contributed by atoms with van der Waals surface area (Å²) >= 11 is 1.67. The van der Waals surface area contributed by atoms with Crippen molar-refractivity contribution in [3.05, 3.63) is 77.0 Å². The van der Waals surface area contributed by atoms with E-state index >= 15 is 0 Å². The van der Waals surface area contributed by atoms with E-state index in [1.165, 1.54) is 41.9 Å². The lowest BCUT2D eigenvalue weighted by molar-refractivity contribution is -0.143. The van der Waals surface area contributed by atoms with E-state index in [2.05, 4.69) is 86.5 Å². The van der Waals surface area contributed by atoms with Crippen molar-refractivity contribution < 1.29 is 29.4 Å². The molecule has 0 spiro atoms. The zero-order valence-corrected chi connectivity index (χ0v) is 34.5. The number of carbonyl (C=O) groups is 4. The third-order valence-electron chi connectivity index (χ3n) is 9.84. The minimum Gasteiger partial charge on any atom is -0.508 e. The van der Waals surface area contributed by atoms with Crippen LogP contribution in [0.4, 0.5) is 5.69 Å². The van der Waals surface area contributed by atoms with Crippen LogP contribution >= 0.6 is 20.6 Å². The van der Waals surface area contributed by atoms with Crippen molar-refractivity contribution in [2.75, 3.05) is 17.7 Å². The van der Waals surface area contributed by atoms with Crippen LogP contribution < -0.4 is 20.9 Å². The van der Waals surface area contributed by atoms with Gasteiger partial charge in [-0.3, -0.25) is 9.59 Å². The van der Waals surface area contributed by atoms with Crippen LogP contribution in [0.5, 0.6) is 5.75 Å². The second kappa shape index (κ2) is 23.8. The molecule has 2 aromatic rings. The molecule has 4 rings (SSSR count). The van der Waals surface area contributed by atoms with Gasteiger partial charge in [0.25, 0.3) is 0 Å². The van der Waals surface area contributed by atoms with E-state index in [0.29, 0.717) is 12.0 Å². The molecule has 2 aromatic carbocycles. The molecule has 12 heteroatoms. The number of nitrogens with zero attached hydrogens (tertiary/aromatic N) is 1. The summed E-state index contributed by atoms with van der Waals surface area (Å²) < 4.78 is 0. The van der Waals surface area contributed by atoms with Gasteiger partial charge in [0.1, 0.15) is 24.6 Å². The molecular weight excluding hydrogens is 720 g/mol. The number of aryl methyl sites for hydroxylation is 1. The Hall–Kier alpha value is -3.92. The van der Waals surface area contributed by atoms with Crippen LogP contribution in [0.1, 0.15) is 108 Å². The summed E-state index contributed by atoms with van der Waals surface area (Å²) in [5.41, 5.74) is 5.19. The van der Waals surface area contributed by atoms with Gasteiger partial charge in [-0.25, -0.2) is 4.79 Å². The highest BCUT2D eigenvalue weighted by Crippen LogP contribution is 2.39. The number of hydrogen-bond acceptors (Lipinski definition) is 8. The maximum Gasteiger partial charge on any atom is 0.326 e. The van der Waals surface area contributed by atoms with Gasteiger partial charge in [-0.05, 0) is 85.2 Å². The molecule has 2 aliphatic rings. The van der Waals surface area contributed by atoms with E-state index in [-0.39, 0.29) is 29.5 Å². The average molecular weight is 781 g/mol. The number of carboxylic acid groups (broad SMARTS) is 1. The van der Waals surface area contributed by atoms with Gasteiger partial charge in [-0.1, -0.05) is 90.0 Å². The van der Waals surface area contributed by atoms with Crippen molar-refractivity contribution in [2.45, 2.75) is 121 Å². The van der Waals surface area contributed by atoms with Crippen molar-refractivity contribution in [2.24, 2.45) is 5.92 Å². The number of unbranched alkanes of at least 4 members (excludes halogenated alkanes) is 2. The summed E-state index contributed by atoms with van der Waals surface area (Å²) in [7, 11) is 2.72. The van der Waals surface area contributed by atoms with Crippen LogP contribution in [-0.4, -0.2) is 65.5 Å². The van der Waals surface area contributed by atoms with Gasteiger partial charge in [0.15, 0.2) is 0 Å². The standard InChI is InChI=1S/C40H56N4O5S.CH2O.CH3P/c1-6-8-21-40(22-9-7-2)26-44(31-13-11-10-12-14-31)33-24-34(50-5)29(23-30(33)25-41-40)17-20-35(46)42-37(28-15-18-32(45)19-16-28)38(47)43-36(27(3)4)39(48)49;2*1-2/h11,13-16,18-19,23-24,27,36-37,41,45H,6-10,12,17,20-22,25-26H2,1-5H3,(H,42,46)(H,43,47)(H,48,49);1H2;2H,1H2/t36-,37+;;/m0../s1. The van der Waals surface area contributed by atoms with Gasteiger partial charge in [-0.15, -0.1) is 20.6 Å². The maximum absolute atomic E-state index is 13.5. The fourth-order valence-electron chi connectivity index (χ4n) is 6.89. The fourth-order valence-corrected chi connectivity index (χ4v) is 7.54. The summed E-state index contributed by atoms with van der Waals surface area (Å²) in [5.74, 6) is -2.42. The lowest BCUT2D eigenvalue weighted by Gasteiger charge is -2.39. The Morgan fingerprint density at radius 1 is 1.02 bits per heavy atom. The van der Waals surface area contributed by atoms with E-state index < -0.39 is 24.0 Å². The first-order chi connectivity index (χ1) is 26.0. The molecule has 5 N–H and O–H groups in total. The van der Waals surface area contributed by atoms with E-state index in [9.17, 15) is 24.6 Å². The number of aliphatic carboxylic acids is 1. The van der Waals surface area contributed by atoms with Crippen molar-refractivity contribution in [3.63, 3.8) is 0 Å². The number of aromatic hydroxyl groups is 1. The number of hydrogen-bond donors (Lipinski definition) is 5. The van der Waals surface area contributed by atoms with Gasteiger partial charge >= 0.3 is 5.97 Å². The molecule has 0 aromatic heterocycles. The zero-order valence-electron chi connectivity index (χ0n) is 32.7. The molecule has 1 aliphatic carbocycles. The first-order valence-corrected chi connectivity index (χ1v) is 20.8. The topological polar surface area (TPSA) is 148 Å². The number of rotatable bonds is 17. The van der Waals surface area contributed by atoms with Crippen LogP contribution in [0.25, 0.3) is 0 Å². The molecule has 2 amide bonds. The summed E-state index contributed by atoms with van der Waals surface area (Å²) in [6.45, 7) is 11.6. The van der Waals surface area contributed by atoms with Crippen molar-refractivity contribution >= 4 is 57.2 Å². The second-order valence-corrected chi connectivity index (χ2v) is 14.8. The number of carbonyl (C=O) groups excluding carboxylic acids is 3. The SMILES string of the molecule is C=O.C=P.CCCCC1(CCCC)CN(C2=CCCC=C2)c2cc(SC)c(CCC(=O)N[C@@H](C(=O)N[C@H](C(=O)O)C(C)C)c3ccc(O)cc3)cc2CN1. The van der Waals surface area contributed by atoms with Gasteiger partial charge in [0.05, 0.1) is 0 Å². The number of phenolic OH excluding ortho intramolecular Hbond substituents is 1. The maximum atomic E-state index is 13.5. The zero-order chi connectivity index (χ0) is 40.3. The van der Waals surface area contributed by atoms with Crippen LogP contribution in [0.2, 0.25) is 0 Å². The Morgan fingerprint density at radius 2 is 1.67 bits per heavy atom. The number of phenols is 1. The molecule has 10 nitrogen and oxygen atoms in total. The molecule has 0 unspecified atom stereocenters. The van der Waals surface area contributed by atoms with Crippen LogP contribution in [-0.2, 0) is 32.1 Å². The van der Waals surface area contributed by atoms with Crippen molar-refractivity contribution in [1.29, 1.82) is 0 Å². The molecule has 2 atom stereocenters. The summed E-state index contributed by atoms with van der Waals surface area (Å²) in [4.78, 5) is 50.4. The Kier molecular flexibility index (Phi) is 20.4. The lowest BCUT2D eigenvalue weighted by atomic mass is 9.86. The molecular formula is C42H61N4O6PS. The summed E-state index contributed by atoms with van der Waals surface area (Å²) in [6.07, 6.45) is 21.6. The van der Waals surface area contributed by atoms with E-state index in [1.807, 2.05) is 6.79 Å². The molecule has 1 heterocycles. The number of thioether (sulfide) groups is 1. The molecule has 1 aliphatic heterocycles. The monoisotopic (exact) mass is 780 g/mol. The Bertz CT molecular complexity index is 1570. The second-order valence-electron chi connectivity index (χ2n) is 14.0. The van der Waals surface area contributed by atoms with Crippen molar-refractivity contribution in [3.8, 4) is 5.75 Å². The Labute approximate surface area is 328 Å². The highest BCUT2D eigenvalue weighted by Gasteiger charge is 2.36. The third-order valence-corrected chi connectivity index (χ3v) is 10.7. The summed E-state index contributed by atoms with van der Waals surface area (Å²) in [6, 6.07) is 8.30. The fraction of sp³-hybridized carbons (Fsp3) is 0.500. The molecule has 0 saturated heterocycles. The first kappa shape index (κ1) is 46.2. The highest BCUT2D eigenvalue weighted by molar-refractivity contribution is 7.98.